The van der Waals surface area contributed by atoms with Crippen molar-refractivity contribution in [2.75, 3.05) is 13.1 Å². The number of aromatic nitrogens is 4. The van der Waals surface area contributed by atoms with Crippen LogP contribution < -0.4 is 5.32 Å². The number of alkyl halides is 3. The molecule has 1 aromatic rings. The molecule has 124 valence electrons. The van der Waals surface area contributed by atoms with Crippen LogP contribution in [0.25, 0.3) is 0 Å². The van der Waals surface area contributed by atoms with Crippen molar-refractivity contribution in [1.82, 2.24) is 30.4 Å². The van der Waals surface area contributed by atoms with Crippen LogP contribution in [-0.2, 0) is 6.18 Å². The van der Waals surface area contributed by atoms with E-state index in [0.717, 1.165) is 4.68 Å². The molecule has 1 N–H and O–H groups in total. The number of urea groups is 1. The van der Waals surface area contributed by atoms with E-state index in [0.29, 0.717) is 25.9 Å². The van der Waals surface area contributed by atoms with Gasteiger partial charge >= 0.3 is 12.2 Å². The summed E-state index contributed by atoms with van der Waals surface area (Å²) in [5, 5.41) is 12.5. The van der Waals surface area contributed by atoms with Crippen molar-refractivity contribution in [2.45, 2.75) is 51.4 Å². The molecule has 2 rings (SSSR count). The Kier molecular flexibility index (Phi) is 4.30. The second kappa shape index (κ2) is 5.73. The lowest BCUT2D eigenvalue weighted by Gasteiger charge is -2.34. The van der Waals surface area contributed by atoms with Crippen LogP contribution in [0.3, 0.4) is 0 Å². The lowest BCUT2D eigenvalue weighted by atomic mass is 10.1. The Bertz CT molecular complexity index is 528. The summed E-state index contributed by atoms with van der Waals surface area (Å²) in [6.45, 7) is 6.34. The molecule has 1 aromatic heterocycles. The summed E-state index contributed by atoms with van der Waals surface area (Å²) in [5.41, 5.74) is -0.354. The van der Waals surface area contributed by atoms with Gasteiger partial charge in [-0.2, -0.15) is 13.2 Å². The summed E-state index contributed by atoms with van der Waals surface area (Å²) in [6.07, 6.45) is -3.82. The highest BCUT2D eigenvalue weighted by Gasteiger charge is 2.40. The van der Waals surface area contributed by atoms with Gasteiger partial charge in [0.1, 0.15) is 0 Å². The number of hydrogen-bond donors (Lipinski definition) is 1. The number of carbonyl (C=O) groups excluding carboxylic acids is 1. The van der Waals surface area contributed by atoms with Crippen molar-refractivity contribution in [1.29, 1.82) is 0 Å². The molecule has 0 spiro atoms. The number of amides is 2. The van der Waals surface area contributed by atoms with Gasteiger partial charge in [0.05, 0.1) is 6.04 Å². The van der Waals surface area contributed by atoms with E-state index in [1.54, 1.807) is 4.90 Å². The van der Waals surface area contributed by atoms with Crippen LogP contribution in [0.2, 0.25) is 0 Å². The van der Waals surface area contributed by atoms with E-state index < -0.39 is 18.0 Å². The summed E-state index contributed by atoms with van der Waals surface area (Å²) >= 11 is 0. The van der Waals surface area contributed by atoms with Gasteiger partial charge in [0.15, 0.2) is 0 Å². The van der Waals surface area contributed by atoms with Gasteiger partial charge < -0.3 is 10.2 Å². The molecule has 0 atom stereocenters. The minimum atomic E-state index is -4.58. The van der Waals surface area contributed by atoms with Gasteiger partial charge in [-0.05, 0) is 44.0 Å². The molecule has 0 unspecified atom stereocenters. The highest BCUT2D eigenvalue weighted by molar-refractivity contribution is 5.75. The molecule has 1 aliphatic rings. The molecular weight excluding hydrogens is 301 g/mol. The Hall–Kier alpha value is -1.87. The van der Waals surface area contributed by atoms with Crippen LogP contribution >= 0.6 is 0 Å². The first kappa shape index (κ1) is 16.5. The van der Waals surface area contributed by atoms with E-state index in [1.807, 2.05) is 20.8 Å². The van der Waals surface area contributed by atoms with Crippen molar-refractivity contribution in [3.63, 3.8) is 0 Å². The molecule has 10 heteroatoms. The molecular formula is C12H19F3N6O. The van der Waals surface area contributed by atoms with Crippen molar-refractivity contribution in [3.8, 4) is 0 Å². The van der Waals surface area contributed by atoms with E-state index in [4.69, 9.17) is 0 Å². The SMILES string of the molecule is CC(C)(C)NC(=O)N1CCC(n2nnnc2C(F)(F)F)CC1. The Morgan fingerprint density at radius 1 is 1.23 bits per heavy atom. The number of rotatable bonds is 1. The van der Waals surface area contributed by atoms with Gasteiger partial charge in [-0.25, -0.2) is 9.48 Å². The van der Waals surface area contributed by atoms with Gasteiger partial charge in [0, 0.05) is 18.6 Å². The molecule has 7 nitrogen and oxygen atoms in total. The van der Waals surface area contributed by atoms with Crippen molar-refractivity contribution >= 4 is 6.03 Å². The molecule has 2 heterocycles. The minimum absolute atomic E-state index is 0.210. The molecule has 0 saturated carbocycles. The third-order valence-corrected chi connectivity index (χ3v) is 3.33. The first-order valence-electron chi connectivity index (χ1n) is 7.00. The predicted molar refractivity (Wildman–Crippen MR) is 70.9 cm³/mol. The zero-order valence-electron chi connectivity index (χ0n) is 12.7. The molecule has 22 heavy (non-hydrogen) atoms. The second-order valence-corrected chi connectivity index (χ2v) is 6.34. The van der Waals surface area contributed by atoms with E-state index >= 15 is 0 Å². The fourth-order valence-corrected chi connectivity index (χ4v) is 2.34. The zero-order chi connectivity index (χ0) is 16.5. The number of tetrazole rings is 1. The number of nitrogens with zero attached hydrogens (tertiary/aromatic N) is 5. The molecule has 1 saturated heterocycles. The molecule has 0 radical (unpaired) electrons. The van der Waals surface area contributed by atoms with Crippen molar-refractivity contribution in [3.05, 3.63) is 5.82 Å². The average Bonchev–Trinajstić information content (AvgIpc) is 2.86. The molecule has 1 aliphatic heterocycles. The summed E-state index contributed by atoms with van der Waals surface area (Å²) in [4.78, 5) is 13.6. The lowest BCUT2D eigenvalue weighted by molar-refractivity contribution is -0.149. The normalized spacial score (nSPS) is 17.6. The molecule has 0 aliphatic carbocycles. The first-order valence-corrected chi connectivity index (χ1v) is 7.00. The van der Waals surface area contributed by atoms with Gasteiger partial charge in [-0.1, -0.05) is 0 Å². The third-order valence-electron chi connectivity index (χ3n) is 3.33. The van der Waals surface area contributed by atoms with E-state index in [1.165, 1.54) is 0 Å². The number of likely N-dealkylation sites (tertiary alicyclic amines) is 1. The number of piperidine rings is 1. The number of nitrogens with one attached hydrogen (secondary N) is 1. The Morgan fingerprint density at radius 2 is 1.82 bits per heavy atom. The number of halogens is 3. The largest absolute Gasteiger partial charge is 0.453 e. The lowest BCUT2D eigenvalue weighted by Crippen LogP contribution is -2.51. The van der Waals surface area contributed by atoms with Crippen LogP contribution in [0.15, 0.2) is 0 Å². The van der Waals surface area contributed by atoms with Gasteiger partial charge in [0.25, 0.3) is 5.82 Å². The standard InChI is InChI=1S/C12H19F3N6O/c1-11(2,3)16-10(22)20-6-4-8(5-7-20)21-9(12(13,14)15)17-18-19-21/h8H,4-7H2,1-3H3,(H,16,22). The topological polar surface area (TPSA) is 75.9 Å². The van der Waals surface area contributed by atoms with Gasteiger partial charge in [-0.15, -0.1) is 5.10 Å². The maximum atomic E-state index is 12.8. The Balaban J connectivity index is 1.99. The summed E-state index contributed by atoms with van der Waals surface area (Å²) in [7, 11) is 0. The number of carbonyl (C=O) groups is 1. The first-order chi connectivity index (χ1) is 10.1. The maximum Gasteiger partial charge on any atom is 0.453 e. The third kappa shape index (κ3) is 3.86. The van der Waals surface area contributed by atoms with Crippen LogP contribution in [0, 0.1) is 0 Å². The molecule has 1 fully saturated rings. The van der Waals surface area contributed by atoms with E-state index in [9.17, 15) is 18.0 Å². The summed E-state index contributed by atoms with van der Waals surface area (Å²) in [6, 6.07) is -0.663. The zero-order valence-corrected chi connectivity index (χ0v) is 12.7. The Labute approximate surface area is 125 Å². The van der Waals surface area contributed by atoms with Crippen LogP contribution in [0.1, 0.15) is 45.5 Å². The highest BCUT2D eigenvalue weighted by atomic mass is 19.4. The average molecular weight is 320 g/mol. The van der Waals surface area contributed by atoms with E-state index in [2.05, 4.69) is 20.8 Å². The molecule has 0 bridgehead atoms. The predicted octanol–water partition coefficient (Wildman–Crippen LogP) is 1.84. The fraction of sp³-hybridized carbons (Fsp3) is 0.833. The maximum absolute atomic E-state index is 12.8. The molecule has 2 amide bonds. The van der Waals surface area contributed by atoms with E-state index in [-0.39, 0.29) is 11.6 Å². The number of hydrogen-bond acceptors (Lipinski definition) is 4. The van der Waals surface area contributed by atoms with Crippen LogP contribution in [0.5, 0.6) is 0 Å². The fourth-order valence-electron chi connectivity index (χ4n) is 2.34. The Morgan fingerprint density at radius 3 is 2.32 bits per heavy atom. The van der Waals surface area contributed by atoms with Crippen LogP contribution in [0.4, 0.5) is 18.0 Å². The smallest absolute Gasteiger partial charge is 0.333 e. The van der Waals surface area contributed by atoms with Crippen molar-refractivity contribution < 1.29 is 18.0 Å². The van der Waals surface area contributed by atoms with Crippen LogP contribution in [-0.4, -0.2) is 49.8 Å². The van der Waals surface area contributed by atoms with Gasteiger partial charge in [0.2, 0.25) is 0 Å². The summed E-state index contributed by atoms with van der Waals surface area (Å²) < 4.78 is 39.2. The summed E-state index contributed by atoms with van der Waals surface area (Å²) in [5.74, 6) is -1.09. The van der Waals surface area contributed by atoms with Gasteiger partial charge in [-0.3, -0.25) is 0 Å². The van der Waals surface area contributed by atoms with Crippen molar-refractivity contribution in [2.24, 2.45) is 0 Å². The quantitative estimate of drug-likeness (QED) is 0.856. The highest BCUT2D eigenvalue weighted by Crippen LogP contribution is 2.31. The monoisotopic (exact) mass is 320 g/mol. The second-order valence-electron chi connectivity index (χ2n) is 6.34. The molecule has 0 aromatic carbocycles. The minimum Gasteiger partial charge on any atom is -0.333 e.